The number of nitriles is 1. The third kappa shape index (κ3) is 4.08. The van der Waals surface area contributed by atoms with Gasteiger partial charge < -0.3 is 10.5 Å². The fourth-order valence-corrected chi connectivity index (χ4v) is 0.900. The number of nitrogen functional groups attached to an aromatic ring is 1. The Morgan fingerprint density at radius 1 is 1.73 bits per heavy atom. The molecule has 2 N–H and O–H groups in total. The van der Waals surface area contributed by atoms with Crippen molar-refractivity contribution in [1.82, 2.24) is 14.8 Å². The summed E-state index contributed by atoms with van der Waals surface area (Å²) in [5, 5.41) is 12.0. The maximum Gasteiger partial charge on any atom is 0.327 e. The zero-order valence-electron chi connectivity index (χ0n) is 8.09. The maximum absolute atomic E-state index is 11.2. The van der Waals surface area contributed by atoms with Gasteiger partial charge in [-0.3, -0.25) is 4.79 Å². The predicted molar refractivity (Wildman–Crippen MR) is 50.2 cm³/mol. The van der Waals surface area contributed by atoms with Gasteiger partial charge in [0.1, 0.15) is 12.9 Å². The second kappa shape index (κ2) is 5.59. The molecule has 0 aliphatic rings. The number of anilines is 1. The normalized spacial score (nSPS) is 9.53. The predicted octanol–water partition coefficient (Wildman–Crippen LogP) is -0.293. The molecule has 1 heterocycles. The van der Waals surface area contributed by atoms with Crippen LogP contribution in [0.4, 0.5) is 5.95 Å². The van der Waals surface area contributed by atoms with Crippen molar-refractivity contribution >= 4 is 11.9 Å². The average molecular weight is 209 g/mol. The summed E-state index contributed by atoms with van der Waals surface area (Å²) >= 11 is 0. The Bertz CT molecular complexity index is 367. The molecule has 7 heteroatoms. The van der Waals surface area contributed by atoms with E-state index in [1.165, 1.54) is 11.0 Å². The Labute approximate surface area is 86.5 Å². The molecule has 0 aliphatic carbocycles. The number of unbranched alkanes of at least 4 members (excludes halogenated alkanes) is 1. The molecule has 0 atom stereocenters. The van der Waals surface area contributed by atoms with E-state index < -0.39 is 5.97 Å². The molecule has 80 valence electrons. The molecular weight excluding hydrogens is 198 g/mol. The van der Waals surface area contributed by atoms with Gasteiger partial charge in [-0.05, 0) is 6.42 Å². The number of rotatable bonds is 5. The van der Waals surface area contributed by atoms with E-state index in [0.717, 1.165) is 0 Å². The number of hydrogen-bond acceptors (Lipinski definition) is 6. The van der Waals surface area contributed by atoms with Crippen molar-refractivity contribution in [3.05, 3.63) is 6.33 Å². The summed E-state index contributed by atoms with van der Waals surface area (Å²) in [6, 6.07) is 1.96. The van der Waals surface area contributed by atoms with Gasteiger partial charge in [0.2, 0.25) is 5.95 Å². The van der Waals surface area contributed by atoms with Crippen LogP contribution in [0.2, 0.25) is 0 Å². The highest BCUT2D eigenvalue weighted by molar-refractivity contribution is 5.68. The Morgan fingerprint density at radius 3 is 3.13 bits per heavy atom. The summed E-state index contributed by atoms with van der Waals surface area (Å²) in [7, 11) is 0. The SMILES string of the molecule is N#CCCCOC(=O)Cn1cnc(N)n1. The zero-order valence-corrected chi connectivity index (χ0v) is 8.09. The molecular formula is C8H11N5O2. The molecule has 0 unspecified atom stereocenters. The van der Waals surface area contributed by atoms with Crippen molar-refractivity contribution in [2.75, 3.05) is 12.3 Å². The highest BCUT2D eigenvalue weighted by atomic mass is 16.5. The summed E-state index contributed by atoms with van der Waals surface area (Å²) in [5.41, 5.74) is 5.26. The number of carbonyl (C=O) groups excluding carboxylic acids is 1. The van der Waals surface area contributed by atoms with E-state index in [1.54, 1.807) is 0 Å². The molecule has 1 rings (SSSR count). The van der Waals surface area contributed by atoms with Crippen molar-refractivity contribution < 1.29 is 9.53 Å². The molecule has 1 aromatic heterocycles. The first-order chi connectivity index (χ1) is 7.22. The lowest BCUT2D eigenvalue weighted by atomic mass is 10.3. The van der Waals surface area contributed by atoms with Gasteiger partial charge >= 0.3 is 5.97 Å². The van der Waals surface area contributed by atoms with E-state index in [0.29, 0.717) is 12.8 Å². The van der Waals surface area contributed by atoms with Crippen LogP contribution in [0.25, 0.3) is 0 Å². The largest absolute Gasteiger partial charge is 0.464 e. The second-order valence-corrected chi connectivity index (χ2v) is 2.78. The smallest absolute Gasteiger partial charge is 0.327 e. The van der Waals surface area contributed by atoms with E-state index >= 15 is 0 Å². The first-order valence-corrected chi connectivity index (χ1v) is 4.40. The quantitative estimate of drug-likeness (QED) is 0.527. The Balaban J connectivity index is 2.22. The second-order valence-electron chi connectivity index (χ2n) is 2.78. The number of esters is 1. The van der Waals surface area contributed by atoms with Gasteiger partial charge in [-0.25, -0.2) is 9.67 Å². The lowest BCUT2D eigenvalue weighted by Crippen LogP contribution is -2.14. The standard InChI is InChI=1S/C8H11N5O2/c9-3-1-2-4-15-7(14)5-13-6-11-8(10)12-13/h6H,1-2,4-5H2,(H2,10,12). The van der Waals surface area contributed by atoms with Crippen molar-refractivity contribution in [2.45, 2.75) is 19.4 Å². The van der Waals surface area contributed by atoms with Crippen molar-refractivity contribution in [3.8, 4) is 6.07 Å². The number of ether oxygens (including phenoxy) is 1. The third-order valence-corrected chi connectivity index (χ3v) is 1.54. The lowest BCUT2D eigenvalue weighted by Gasteiger charge is -2.02. The minimum absolute atomic E-state index is 0.0171. The van der Waals surface area contributed by atoms with Gasteiger partial charge in [0, 0.05) is 6.42 Å². The fourth-order valence-electron chi connectivity index (χ4n) is 0.900. The third-order valence-electron chi connectivity index (χ3n) is 1.54. The monoisotopic (exact) mass is 209 g/mol. The zero-order chi connectivity index (χ0) is 11.1. The molecule has 0 amide bonds. The summed E-state index contributed by atoms with van der Waals surface area (Å²) in [5.74, 6) is -0.301. The van der Waals surface area contributed by atoms with Gasteiger partial charge in [0.05, 0.1) is 12.7 Å². The molecule has 15 heavy (non-hydrogen) atoms. The summed E-state index contributed by atoms with van der Waals surface area (Å²) in [4.78, 5) is 14.8. The van der Waals surface area contributed by atoms with Crippen LogP contribution >= 0.6 is 0 Å². The first kappa shape index (κ1) is 11.0. The molecule has 7 nitrogen and oxygen atoms in total. The highest BCUT2D eigenvalue weighted by Crippen LogP contribution is 1.93. The number of carbonyl (C=O) groups is 1. The summed E-state index contributed by atoms with van der Waals surface area (Å²) < 4.78 is 6.13. The highest BCUT2D eigenvalue weighted by Gasteiger charge is 2.05. The Morgan fingerprint density at radius 2 is 2.53 bits per heavy atom. The number of aromatic nitrogens is 3. The maximum atomic E-state index is 11.2. The molecule has 0 radical (unpaired) electrons. The van der Waals surface area contributed by atoms with Gasteiger partial charge in [0.25, 0.3) is 0 Å². The van der Waals surface area contributed by atoms with Crippen LogP contribution in [0.5, 0.6) is 0 Å². The first-order valence-electron chi connectivity index (χ1n) is 4.40. The summed E-state index contributed by atoms with van der Waals surface area (Å²) in [6.07, 6.45) is 2.27. The lowest BCUT2D eigenvalue weighted by molar-refractivity contribution is -0.144. The number of nitrogens with zero attached hydrogens (tertiary/aromatic N) is 4. The topological polar surface area (TPSA) is 107 Å². The van der Waals surface area contributed by atoms with Crippen molar-refractivity contribution in [3.63, 3.8) is 0 Å². The van der Waals surface area contributed by atoms with Crippen LogP contribution < -0.4 is 5.73 Å². The molecule has 0 bridgehead atoms. The van der Waals surface area contributed by atoms with Gasteiger partial charge in [-0.15, -0.1) is 5.10 Å². The molecule has 0 saturated heterocycles. The van der Waals surface area contributed by atoms with E-state index in [4.69, 9.17) is 15.7 Å². The van der Waals surface area contributed by atoms with E-state index in [-0.39, 0.29) is 19.1 Å². The molecule has 0 aromatic carbocycles. The van der Waals surface area contributed by atoms with E-state index in [1.807, 2.05) is 6.07 Å². The Hall–Kier alpha value is -2.10. The molecule has 0 spiro atoms. The van der Waals surface area contributed by atoms with E-state index in [9.17, 15) is 4.79 Å². The fraction of sp³-hybridized carbons (Fsp3) is 0.500. The van der Waals surface area contributed by atoms with Crippen LogP contribution in [0.1, 0.15) is 12.8 Å². The van der Waals surface area contributed by atoms with Gasteiger partial charge in [0.15, 0.2) is 0 Å². The van der Waals surface area contributed by atoms with Crippen LogP contribution in [0.15, 0.2) is 6.33 Å². The summed E-state index contributed by atoms with van der Waals surface area (Å²) in [6.45, 7) is 0.229. The number of hydrogen-bond donors (Lipinski definition) is 1. The van der Waals surface area contributed by atoms with Crippen LogP contribution in [0.3, 0.4) is 0 Å². The van der Waals surface area contributed by atoms with Crippen LogP contribution in [-0.4, -0.2) is 27.3 Å². The van der Waals surface area contributed by atoms with Gasteiger partial charge in [-0.1, -0.05) is 0 Å². The van der Waals surface area contributed by atoms with Crippen molar-refractivity contribution in [2.24, 2.45) is 0 Å². The van der Waals surface area contributed by atoms with Gasteiger partial charge in [-0.2, -0.15) is 5.26 Å². The number of nitrogens with two attached hydrogens (primary N) is 1. The average Bonchev–Trinajstić information content (AvgIpc) is 2.59. The molecule has 0 aliphatic heterocycles. The molecule has 0 saturated carbocycles. The van der Waals surface area contributed by atoms with E-state index in [2.05, 4.69) is 10.1 Å². The minimum atomic E-state index is -0.419. The van der Waals surface area contributed by atoms with Crippen LogP contribution in [0, 0.1) is 11.3 Å². The Kier molecular flexibility index (Phi) is 4.09. The van der Waals surface area contributed by atoms with Crippen LogP contribution in [-0.2, 0) is 16.1 Å². The van der Waals surface area contributed by atoms with Crippen molar-refractivity contribution in [1.29, 1.82) is 5.26 Å². The minimum Gasteiger partial charge on any atom is -0.464 e. The molecule has 1 aromatic rings. The molecule has 0 fully saturated rings.